The Morgan fingerprint density at radius 1 is 0.870 bits per heavy atom. The molecule has 0 radical (unpaired) electrons. The van der Waals surface area contributed by atoms with Crippen LogP contribution in [0.2, 0.25) is 0 Å². The molecule has 0 atom stereocenters. The van der Waals surface area contributed by atoms with E-state index in [4.69, 9.17) is 0 Å². The molecule has 0 aliphatic heterocycles. The lowest BCUT2D eigenvalue weighted by atomic mass is 10.2. The first kappa shape index (κ1) is 15.4. The Morgan fingerprint density at radius 2 is 1.61 bits per heavy atom. The van der Waals surface area contributed by atoms with Gasteiger partial charge in [-0.2, -0.15) is 0 Å². The number of halogens is 1. The predicted octanol–water partition coefficient (Wildman–Crippen LogP) is 5.29. The van der Waals surface area contributed by atoms with E-state index in [-0.39, 0.29) is 5.75 Å². The number of anilines is 1. The highest BCUT2D eigenvalue weighted by Crippen LogP contribution is 2.31. The maximum Gasteiger partial charge on any atom is 0.174 e. The van der Waals surface area contributed by atoms with Crippen molar-refractivity contribution in [2.75, 3.05) is 5.32 Å². The van der Waals surface area contributed by atoms with Gasteiger partial charge in [-0.15, -0.1) is 0 Å². The van der Waals surface area contributed by atoms with Crippen LogP contribution in [0.25, 0.3) is 0 Å². The molecule has 0 aliphatic carbocycles. The molecule has 4 heteroatoms. The summed E-state index contributed by atoms with van der Waals surface area (Å²) >= 11 is 1.68. The second-order valence-corrected chi connectivity index (χ2v) is 6.13. The normalized spacial score (nSPS) is 10.5. The second-order valence-electron chi connectivity index (χ2n) is 5.01. The van der Waals surface area contributed by atoms with E-state index in [9.17, 15) is 9.50 Å². The van der Waals surface area contributed by atoms with E-state index >= 15 is 0 Å². The zero-order valence-corrected chi connectivity index (χ0v) is 13.2. The van der Waals surface area contributed by atoms with Crippen molar-refractivity contribution < 1.29 is 9.50 Å². The van der Waals surface area contributed by atoms with E-state index < -0.39 is 5.82 Å². The Kier molecular flexibility index (Phi) is 4.83. The van der Waals surface area contributed by atoms with Crippen molar-refractivity contribution in [1.29, 1.82) is 0 Å². The Balaban J connectivity index is 1.77. The molecule has 0 bridgehead atoms. The molecule has 0 saturated carbocycles. The summed E-state index contributed by atoms with van der Waals surface area (Å²) in [4.78, 5) is 2.29. The molecule has 0 amide bonds. The number of phenolic OH excluding ortho intramolecular Hbond substituents is 1. The number of hydrogen-bond donors (Lipinski definition) is 2. The summed E-state index contributed by atoms with van der Waals surface area (Å²) in [7, 11) is 0. The third-order valence-electron chi connectivity index (χ3n) is 3.40. The zero-order valence-electron chi connectivity index (χ0n) is 12.4. The number of rotatable bonds is 5. The van der Waals surface area contributed by atoms with Gasteiger partial charge in [0.05, 0.1) is 5.69 Å². The predicted molar refractivity (Wildman–Crippen MR) is 92.4 cm³/mol. The molecule has 3 rings (SSSR count). The van der Waals surface area contributed by atoms with E-state index in [1.54, 1.807) is 23.9 Å². The Morgan fingerprint density at radius 3 is 2.43 bits per heavy atom. The Labute approximate surface area is 139 Å². The third-order valence-corrected chi connectivity index (χ3v) is 4.53. The maximum absolute atomic E-state index is 13.4. The van der Waals surface area contributed by atoms with Gasteiger partial charge in [-0.25, -0.2) is 4.39 Å². The molecule has 3 aromatic rings. The molecule has 0 fully saturated rings. The van der Waals surface area contributed by atoms with Crippen LogP contribution in [0.3, 0.4) is 0 Å². The molecule has 23 heavy (non-hydrogen) atoms. The molecule has 0 saturated heterocycles. The average Bonchev–Trinajstić information content (AvgIpc) is 2.58. The van der Waals surface area contributed by atoms with Crippen molar-refractivity contribution in [3.8, 4) is 5.75 Å². The van der Waals surface area contributed by atoms with Crippen molar-refractivity contribution >= 4 is 17.4 Å². The number of phenols is 1. The minimum atomic E-state index is -0.623. The van der Waals surface area contributed by atoms with E-state index in [1.807, 2.05) is 36.4 Å². The minimum Gasteiger partial charge on any atom is -0.503 e. The quantitative estimate of drug-likeness (QED) is 0.625. The van der Waals surface area contributed by atoms with Gasteiger partial charge in [-0.3, -0.25) is 0 Å². The number of aromatic hydroxyl groups is 1. The van der Waals surface area contributed by atoms with Crippen LogP contribution in [-0.4, -0.2) is 5.11 Å². The first-order valence-electron chi connectivity index (χ1n) is 7.26. The highest BCUT2D eigenvalue weighted by Gasteiger charge is 2.08. The van der Waals surface area contributed by atoms with E-state index in [2.05, 4.69) is 23.5 Å². The topological polar surface area (TPSA) is 32.3 Å². The molecule has 2 N–H and O–H groups in total. The fraction of sp³-hybridized carbons (Fsp3) is 0.0526. The number of hydrogen-bond acceptors (Lipinski definition) is 3. The summed E-state index contributed by atoms with van der Waals surface area (Å²) in [5.41, 5.74) is 1.48. The molecule has 0 aromatic heterocycles. The molecule has 0 spiro atoms. The van der Waals surface area contributed by atoms with E-state index in [0.717, 1.165) is 15.4 Å². The molecular weight excluding hydrogens is 309 g/mol. The van der Waals surface area contributed by atoms with Crippen molar-refractivity contribution in [2.45, 2.75) is 16.3 Å². The molecule has 0 unspecified atom stereocenters. The van der Waals surface area contributed by atoms with Crippen molar-refractivity contribution in [3.05, 3.63) is 84.2 Å². The number of benzene rings is 3. The van der Waals surface area contributed by atoms with Gasteiger partial charge in [0.2, 0.25) is 0 Å². The smallest absolute Gasteiger partial charge is 0.174 e. The molecule has 3 aromatic carbocycles. The fourth-order valence-electron chi connectivity index (χ4n) is 2.21. The minimum absolute atomic E-state index is 0.347. The summed E-state index contributed by atoms with van der Waals surface area (Å²) in [5.74, 6) is -0.970. The molecule has 116 valence electrons. The van der Waals surface area contributed by atoms with Gasteiger partial charge in [0.1, 0.15) is 0 Å². The van der Waals surface area contributed by atoms with Gasteiger partial charge in [0.15, 0.2) is 11.6 Å². The summed E-state index contributed by atoms with van der Waals surface area (Å²) in [6.07, 6.45) is 0. The van der Waals surface area contributed by atoms with Gasteiger partial charge in [0.25, 0.3) is 0 Å². The van der Waals surface area contributed by atoms with Gasteiger partial charge in [-0.05, 0) is 35.9 Å². The van der Waals surface area contributed by atoms with Gasteiger partial charge >= 0.3 is 0 Å². The average molecular weight is 325 g/mol. The number of nitrogens with one attached hydrogen (secondary N) is 1. The van der Waals surface area contributed by atoms with Gasteiger partial charge < -0.3 is 10.4 Å². The van der Waals surface area contributed by atoms with Gasteiger partial charge in [-0.1, -0.05) is 54.2 Å². The number of para-hydroxylation sites is 1. The summed E-state index contributed by atoms with van der Waals surface area (Å²) < 4.78 is 13.4. The van der Waals surface area contributed by atoms with Crippen LogP contribution >= 0.6 is 11.8 Å². The first-order chi connectivity index (χ1) is 11.2. The summed E-state index contributed by atoms with van der Waals surface area (Å²) in [6, 6.07) is 22.6. The van der Waals surface area contributed by atoms with Crippen LogP contribution in [0.1, 0.15) is 5.56 Å². The van der Waals surface area contributed by atoms with Crippen molar-refractivity contribution in [1.82, 2.24) is 0 Å². The first-order valence-corrected chi connectivity index (χ1v) is 8.08. The highest BCUT2D eigenvalue weighted by atomic mass is 32.2. The van der Waals surface area contributed by atoms with Crippen LogP contribution in [0.5, 0.6) is 5.75 Å². The lowest BCUT2D eigenvalue weighted by Gasteiger charge is -2.12. The maximum atomic E-state index is 13.4. The van der Waals surface area contributed by atoms with Gasteiger partial charge in [0, 0.05) is 16.3 Å². The molecule has 0 heterocycles. The largest absolute Gasteiger partial charge is 0.503 e. The zero-order chi connectivity index (χ0) is 16.1. The van der Waals surface area contributed by atoms with Crippen LogP contribution in [0.4, 0.5) is 10.1 Å². The standard InChI is InChI=1S/C19H16FNOS/c20-16-10-6-11-17(19(16)22)21-13-14-7-4-5-12-18(14)23-15-8-2-1-3-9-15/h1-12,21-22H,13H2. The van der Waals surface area contributed by atoms with E-state index in [0.29, 0.717) is 12.2 Å². The highest BCUT2D eigenvalue weighted by molar-refractivity contribution is 7.99. The van der Waals surface area contributed by atoms with Crippen LogP contribution in [-0.2, 0) is 6.54 Å². The van der Waals surface area contributed by atoms with Crippen molar-refractivity contribution in [3.63, 3.8) is 0 Å². The molecule has 2 nitrogen and oxygen atoms in total. The Bertz CT molecular complexity index is 792. The van der Waals surface area contributed by atoms with Crippen LogP contribution in [0.15, 0.2) is 82.6 Å². The third kappa shape index (κ3) is 3.85. The fourth-order valence-corrected chi connectivity index (χ4v) is 3.18. The molecular formula is C19H16FNOS. The van der Waals surface area contributed by atoms with Crippen molar-refractivity contribution in [2.24, 2.45) is 0 Å². The lowest BCUT2D eigenvalue weighted by Crippen LogP contribution is -2.01. The van der Waals surface area contributed by atoms with E-state index in [1.165, 1.54) is 6.07 Å². The lowest BCUT2D eigenvalue weighted by molar-refractivity contribution is 0.434. The second kappa shape index (κ2) is 7.20. The van der Waals surface area contributed by atoms with Crippen LogP contribution in [0, 0.1) is 5.82 Å². The molecule has 0 aliphatic rings. The SMILES string of the molecule is Oc1c(F)cccc1NCc1ccccc1Sc1ccccc1. The summed E-state index contributed by atoms with van der Waals surface area (Å²) in [5, 5.41) is 12.8. The summed E-state index contributed by atoms with van der Waals surface area (Å²) in [6.45, 7) is 0.507. The van der Waals surface area contributed by atoms with Crippen LogP contribution < -0.4 is 5.32 Å². The Hall–Kier alpha value is -2.46. The monoisotopic (exact) mass is 325 g/mol.